The number of aryl methyl sites for hydroxylation is 2. The number of esters is 2. The van der Waals surface area contributed by atoms with E-state index in [1.54, 1.807) is 10.0 Å². The highest BCUT2D eigenvalue weighted by Crippen LogP contribution is 2.28. The zero-order valence-corrected chi connectivity index (χ0v) is 23.4. The zero-order chi connectivity index (χ0) is 28.2. The Hall–Kier alpha value is -3.76. The van der Waals surface area contributed by atoms with E-state index >= 15 is 0 Å². The number of anilines is 2. The van der Waals surface area contributed by atoms with Gasteiger partial charge in [-0.05, 0) is 52.0 Å². The van der Waals surface area contributed by atoms with E-state index in [-0.39, 0.29) is 50.7 Å². The van der Waals surface area contributed by atoms with Gasteiger partial charge in [0.15, 0.2) is 0 Å². The lowest BCUT2D eigenvalue weighted by Gasteiger charge is -2.25. The summed E-state index contributed by atoms with van der Waals surface area (Å²) < 4.78 is 23.3. The van der Waals surface area contributed by atoms with Gasteiger partial charge >= 0.3 is 11.9 Å². The Morgan fingerprint density at radius 3 is 1.38 bits per heavy atom. The van der Waals surface area contributed by atoms with Crippen LogP contribution in [-0.2, 0) is 28.5 Å². The lowest BCUT2D eigenvalue weighted by Crippen LogP contribution is -2.35. The van der Waals surface area contributed by atoms with Crippen molar-refractivity contribution in [2.45, 2.75) is 64.8 Å². The predicted molar refractivity (Wildman–Crippen MR) is 152 cm³/mol. The second-order valence-electron chi connectivity index (χ2n) is 10.7. The van der Waals surface area contributed by atoms with Crippen LogP contribution in [0.15, 0.2) is 58.7 Å². The highest BCUT2D eigenvalue weighted by molar-refractivity contribution is 6.38. The van der Waals surface area contributed by atoms with Crippen LogP contribution < -0.4 is 10.0 Å². The first-order valence-electron chi connectivity index (χ1n) is 13.7. The molecule has 0 unspecified atom stereocenters. The molecule has 0 N–H and O–H groups in total. The molecule has 4 bridgehead atoms. The van der Waals surface area contributed by atoms with Crippen molar-refractivity contribution in [3.8, 4) is 0 Å². The molecule has 3 aliphatic rings. The van der Waals surface area contributed by atoms with Crippen molar-refractivity contribution in [3.05, 3.63) is 59.7 Å². The SMILES string of the molecule is Cc1ccc(N2N=C3C[C@H]2CO[C@@H](C)COC(=O)C2=NN(c4ccc(C)cc4)[C@H](CO[C@@H](C)COC3=O)C2)cc1. The van der Waals surface area contributed by atoms with Gasteiger partial charge < -0.3 is 18.9 Å². The number of benzene rings is 2. The highest BCUT2D eigenvalue weighted by atomic mass is 16.6. The Labute approximate surface area is 234 Å². The van der Waals surface area contributed by atoms with E-state index in [1.165, 1.54) is 0 Å². The van der Waals surface area contributed by atoms with Gasteiger partial charge in [0.25, 0.3) is 0 Å². The lowest BCUT2D eigenvalue weighted by molar-refractivity contribution is -0.140. The molecule has 0 aromatic heterocycles. The smallest absolute Gasteiger partial charge is 0.354 e. The van der Waals surface area contributed by atoms with Gasteiger partial charge in [0.05, 0.1) is 48.9 Å². The summed E-state index contributed by atoms with van der Waals surface area (Å²) in [5.41, 5.74) is 4.64. The van der Waals surface area contributed by atoms with Crippen molar-refractivity contribution in [1.82, 2.24) is 0 Å². The molecule has 10 heteroatoms. The number of carbonyl (C=O) groups is 2. The molecule has 4 atom stereocenters. The molecular weight excluding hydrogens is 512 g/mol. The van der Waals surface area contributed by atoms with Gasteiger partial charge in [-0.25, -0.2) is 9.59 Å². The molecule has 0 amide bonds. The van der Waals surface area contributed by atoms with Crippen LogP contribution in [0.4, 0.5) is 11.4 Å². The van der Waals surface area contributed by atoms with Gasteiger partial charge in [-0.15, -0.1) is 0 Å². The normalized spacial score (nSPS) is 26.4. The summed E-state index contributed by atoms with van der Waals surface area (Å²) in [7, 11) is 0. The molecule has 0 radical (unpaired) electrons. The maximum absolute atomic E-state index is 13.0. The summed E-state index contributed by atoms with van der Waals surface area (Å²) in [6.45, 7) is 8.45. The summed E-state index contributed by atoms with van der Waals surface area (Å²) in [6, 6.07) is 15.4. The monoisotopic (exact) mass is 548 g/mol. The third-order valence-corrected chi connectivity index (χ3v) is 7.12. The Bertz CT molecular complexity index is 1180. The third kappa shape index (κ3) is 6.51. The lowest BCUT2D eigenvalue weighted by atomic mass is 10.1. The maximum Gasteiger partial charge on any atom is 0.354 e. The summed E-state index contributed by atoms with van der Waals surface area (Å²) in [4.78, 5) is 25.9. The van der Waals surface area contributed by atoms with Gasteiger partial charge in [0, 0.05) is 12.8 Å². The Morgan fingerprint density at radius 2 is 1.00 bits per heavy atom. The van der Waals surface area contributed by atoms with Crippen LogP contribution in [0.25, 0.3) is 0 Å². The molecule has 10 nitrogen and oxygen atoms in total. The molecule has 212 valence electrons. The number of fused-ring (bicyclic) bond motifs is 4. The number of cyclic esters (lactones) is 2. The molecular formula is C30H36N4O6. The molecule has 5 rings (SSSR count). The summed E-state index contributed by atoms with van der Waals surface area (Å²) in [6.07, 6.45) is 0.0142. The van der Waals surface area contributed by atoms with E-state index in [0.29, 0.717) is 24.3 Å². The van der Waals surface area contributed by atoms with Crippen molar-refractivity contribution < 1.29 is 28.5 Å². The number of ether oxygens (including phenoxy) is 4. The van der Waals surface area contributed by atoms with Crippen LogP contribution in [-0.4, -0.2) is 74.1 Å². The van der Waals surface area contributed by atoms with E-state index in [1.807, 2.05) is 76.2 Å². The fraction of sp³-hybridized carbons (Fsp3) is 0.467. The molecule has 1 fully saturated rings. The van der Waals surface area contributed by atoms with Crippen molar-refractivity contribution in [2.75, 3.05) is 36.4 Å². The molecule has 1 saturated heterocycles. The molecule has 40 heavy (non-hydrogen) atoms. The molecule has 0 aliphatic carbocycles. The molecule has 3 heterocycles. The van der Waals surface area contributed by atoms with E-state index in [9.17, 15) is 9.59 Å². The van der Waals surface area contributed by atoms with Gasteiger partial charge in [0.2, 0.25) is 0 Å². The zero-order valence-electron chi connectivity index (χ0n) is 23.4. The standard InChI is InChI=1S/C30H36N4O6/c1-19-5-9-23(10-6-19)33-25-13-27(31-33)29(35)39-16-22(4)38-18-26-14-28(30(36)40-15-21(3)37-17-25)32-34(26)24-11-7-20(2)8-12-24/h5-12,21-22,25-26H,13-18H2,1-4H3/t21-,22-,25-,26-/m0/s1. The summed E-state index contributed by atoms with van der Waals surface area (Å²) >= 11 is 0. The highest BCUT2D eigenvalue weighted by Gasteiger charge is 2.35. The van der Waals surface area contributed by atoms with Crippen LogP contribution in [0, 0.1) is 13.8 Å². The van der Waals surface area contributed by atoms with Gasteiger partial charge in [-0.3, -0.25) is 10.0 Å². The molecule has 0 spiro atoms. The molecule has 0 saturated carbocycles. The van der Waals surface area contributed by atoms with Crippen LogP contribution in [0.5, 0.6) is 0 Å². The topological polar surface area (TPSA) is 102 Å². The molecule has 2 aromatic carbocycles. The fourth-order valence-electron chi connectivity index (χ4n) is 4.76. The minimum absolute atomic E-state index is 0.0770. The number of rotatable bonds is 2. The average Bonchev–Trinajstić information content (AvgIpc) is 3.58. The van der Waals surface area contributed by atoms with Crippen LogP contribution in [0.2, 0.25) is 0 Å². The van der Waals surface area contributed by atoms with E-state index in [2.05, 4.69) is 10.2 Å². The predicted octanol–water partition coefficient (Wildman–Crippen LogP) is 3.78. The largest absolute Gasteiger partial charge is 0.458 e. The van der Waals surface area contributed by atoms with Gasteiger partial charge in [-0.2, -0.15) is 10.2 Å². The quantitative estimate of drug-likeness (QED) is 0.523. The first kappa shape index (κ1) is 27.8. The number of hydrogen-bond donors (Lipinski definition) is 0. The second kappa shape index (κ2) is 12.2. The van der Waals surface area contributed by atoms with Crippen LogP contribution in [0.3, 0.4) is 0 Å². The van der Waals surface area contributed by atoms with Crippen LogP contribution >= 0.6 is 0 Å². The first-order chi connectivity index (χ1) is 19.3. The Balaban J connectivity index is 1.34. The van der Waals surface area contributed by atoms with E-state index in [4.69, 9.17) is 18.9 Å². The minimum Gasteiger partial charge on any atom is -0.458 e. The Kier molecular flexibility index (Phi) is 8.46. The van der Waals surface area contributed by atoms with Crippen molar-refractivity contribution in [1.29, 1.82) is 0 Å². The average molecular weight is 549 g/mol. The Morgan fingerprint density at radius 1 is 0.625 bits per heavy atom. The van der Waals surface area contributed by atoms with Gasteiger partial charge in [-0.1, -0.05) is 35.4 Å². The van der Waals surface area contributed by atoms with Crippen molar-refractivity contribution in [3.63, 3.8) is 0 Å². The summed E-state index contributed by atoms with van der Waals surface area (Å²) in [5, 5.41) is 12.8. The summed E-state index contributed by atoms with van der Waals surface area (Å²) in [5.74, 6) is -0.933. The van der Waals surface area contributed by atoms with E-state index < -0.39 is 11.9 Å². The van der Waals surface area contributed by atoms with E-state index in [0.717, 1.165) is 22.5 Å². The van der Waals surface area contributed by atoms with Gasteiger partial charge in [0.1, 0.15) is 24.6 Å². The third-order valence-electron chi connectivity index (χ3n) is 7.12. The fourth-order valence-corrected chi connectivity index (χ4v) is 4.76. The molecule has 3 aliphatic heterocycles. The maximum atomic E-state index is 13.0. The molecule has 2 aromatic rings. The van der Waals surface area contributed by atoms with Crippen LogP contribution in [0.1, 0.15) is 37.8 Å². The number of nitrogens with zero attached hydrogens (tertiary/aromatic N) is 4. The number of carbonyl (C=O) groups excluding carboxylic acids is 2. The van der Waals surface area contributed by atoms with Crippen molar-refractivity contribution in [2.24, 2.45) is 10.2 Å². The minimum atomic E-state index is -0.467. The van der Waals surface area contributed by atoms with Crippen molar-refractivity contribution >= 4 is 34.7 Å². The first-order valence-corrected chi connectivity index (χ1v) is 13.7. The second-order valence-corrected chi connectivity index (χ2v) is 10.7. The number of hydrazone groups is 2. The number of hydrogen-bond acceptors (Lipinski definition) is 10.